The van der Waals surface area contributed by atoms with Crippen LogP contribution in [0.3, 0.4) is 0 Å². The van der Waals surface area contributed by atoms with E-state index in [1.165, 1.54) is 16.2 Å². The lowest BCUT2D eigenvalue weighted by Gasteiger charge is -2.06. The van der Waals surface area contributed by atoms with Crippen LogP contribution in [0.1, 0.15) is 23.4 Å². The minimum absolute atomic E-state index is 0.157. The number of anilines is 1. The number of aromatic nitrogens is 1. The molecule has 1 aliphatic carbocycles. The third-order valence-corrected chi connectivity index (χ3v) is 4.42. The Morgan fingerprint density at radius 1 is 1.32 bits per heavy atom. The van der Waals surface area contributed by atoms with Gasteiger partial charge in [0, 0.05) is 10.9 Å². The lowest BCUT2D eigenvalue weighted by molar-refractivity contribution is -0.118. The SMILES string of the molecule is O=C(COc1ccc(F)cc1F)Nc1nc2c(s1)CCCC2. The van der Waals surface area contributed by atoms with E-state index >= 15 is 0 Å². The first-order valence-corrected chi connectivity index (χ1v) is 7.80. The standard InChI is InChI=1S/C15H14F2N2O2S/c16-9-5-6-12(10(17)7-9)21-8-14(20)19-15-18-11-3-1-2-4-13(11)22-15/h5-7H,1-4,8H2,(H,18,19,20). The average Bonchev–Trinajstić information content (AvgIpc) is 2.88. The van der Waals surface area contributed by atoms with Crippen LogP contribution in [0, 0.1) is 11.6 Å². The molecule has 0 radical (unpaired) electrons. The number of halogens is 2. The monoisotopic (exact) mass is 324 g/mol. The Balaban J connectivity index is 1.57. The van der Waals surface area contributed by atoms with Crippen LogP contribution >= 0.6 is 11.3 Å². The maximum Gasteiger partial charge on any atom is 0.264 e. The molecule has 0 fully saturated rings. The molecule has 0 unspecified atom stereocenters. The summed E-state index contributed by atoms with van der Waals surface area (Å²) < 4.78 is 31.2. The lowest BCUT2D eigenvalue weighted by atomic mass is 10.0. The molecule has 7 heteroatoms. The summed E-state index contributed by atoms with van der Waals surface area (Å²) in [5, 5.41) is 3.19. The molecule has 1 heterocycles. The summed E-state index contributed by atoms with van der Waals surface area (Å²) in [7, 11) is 0. The summed E-state index contributed by atoms with van der Waals surface area (Å²) in [4.78, 5) is 17.4. The number of fused-ring (bicyclic) bond motifs is 1. The molecule has 4 nitrogen and oxygen atoms in total. The molecule has 0 saturated carbocycles. The van der Waals surface area contributed by atoms with E-state index < -0.39 is 17.5 Å². The average molecular weight is 324 g/mol. The number of rotatable bonds is 4. The molecule has 0 bridgehead atoms. The predicted octanol–water partition coefficient (Wildman–Crippen LogP) is 3.32. The van der Waals surface area contributed by atoms with Gasteiger partial charge in [-0.3, -0.25) is 10.1 Å². The molecule has 1 aromatic carbocycles. The number of hydrogen-bond acceptors (Lipinski definition) is 4. The Morgan fingerprint density at radius 2 is 2.14 bits per heavy atom. The van der Waals surface area contributed by atoms with Crippen LogP contribution in [0.4, 0.5) is 13.9 Å². The number of ether oxygens (including phenoxy) is 1. The highest BCUT2D eigenvalue weighted by Gasteiger charge is 2.16. The third kappa shape index (κ3) is 3.41. The molecule has 0 atom stereocenters. The fraction of sp³-hybridized carbons (Fsp3) is 0.333. The number of benzene rings is 1. The minimum Gasteiger partial charge on any atom is -0.481 e. The van der Waals surface area contributed by atoms with Crippen LogP contribution < -0.4 is 10.1 Å². The van der Waals surface area contributed by atoms with Gasteiger partial charge in [-0.05, 0) is 37.8 Å². The van der Waals surface area contributed by atoms with E-state index in [9.17, 15) is 13.6 Å². The maximum atomic E-state index is 13.4. The third-order valence-electron chi connectivity index (χ3n) is 3.34. The Morgan fingerprint density at radius 3 is 2.91 bits per heavy atom. The number of amides is 1. The molecule has 0 spiro atoms. The van der Waals surface area contributed by atoms with Gasteiger partial charge in [-0.2, -0.15) is 0 Å². The first-order valence-electron chi connectivity index (χ1n) is 6.98. The van der Waals surface area contributed by atoms with Crippen molar-refractivity contribution in [3.8, 4) is 5.75 Å². The van der Waals surface area contributed by atoms with Crippen molar-refractivity contribution >= 4 is 22.4 Å². The first kappa shape index (κ1) is 14.9. The number of hydrogen-bond donors (Lipinski definition) is 1. The van der Waals surface area contributed by atoms with Gasteiger partial charge in [-0.15, -0.1) is 11.3 Å². The van der Waals surface area contributed by atoms with Crippen molar-refractivity contribution in [3.63, 3.8) is 0 Å². The van der Waals surface area contributed by atoms with E-state index in [1.54, 1.807) is 0 Å². The number of nitrogens with zero attached hydrogens (tertiary/aromatic N) is 1. The van der Waals surface area contributed by atoms with Crippen LogP contribution in [0.15, 0.2) is 18.2 Å². The van der Waals surface area contributed by atoms with Crippen LogP contribution in [0.5, 0.6) is 5.75 Å². The molecule has 1 aliphatic rings. The first-order chi connectivity index (χ1) is 10.6. The van der Waals surface area contributed by atoms with Crippen molar-refractivity contribution in [1.82, 2.24) is 4.98 Å². The van der Waals surface area contributed by atoms with E-state index in [-0.39, 0.29) is 12.4 Å². The summed E-state index contributed by atoms with van der Waals surface area (Å²) in [6.07, 6.45) is 4.21. The highest BCUT2D eigenvalue weighted by molar-refractivity contribution is 7.15. The fourth-order valence-corrected chi connectivity index (χ4v) is 3.36. The number of nitrogens with one attached hydrogen (secondary N) is 1. The molecule has 2 aromatic rings. The molecule has 22 heavy (non-hydrogen) atoms. The summed E-state index contributed by atoms with van der Waals surface area (Å²) >= 11 is 1.47. The van der Waals surface area contributed by atoms with E-state index in [1.807, 2.05) is 0 Å². The van der Waals surface area contributed by atoms with Crippen LogP contribution in [-0.2, 0) is 17.6 Å². The van der Waals surface area contributed by atoms with Gasteiger partial charge < -0.3 is 4.74 Å². The molecule has 1 aromatic heterocycles. The largest absolute Gasteiger partial charge is 0.481 e. The number of aryl methyl sites for hydroxylation is 2. The van der Waals surface area contributed by atoms with Crippen molar-refractivity contribution in [2.75, 3.05) is 11.9 Å². The second-order valence-corrected chi connectivity index (χ2v) is 6.09. The van der Waals surface area contributed by atoms with Crippen LogP contribution in [0.25, 0.3) is 0 Å². The molecule has 1 N–H and O–H groups in total. The van der Waals surface area contributed by atoms with Crippen molar-refractivity contribution in [3.05, 3.63) is 40.4 Å². The smallest absolute Gasteiger partial charge is 0.264 e. The Bertz CT molecular complexity index is 679. The topological polar surface area (TPSA) is 51.2 Å². The van der Waals surface area contributed by atoms with Crippen molar-refractivity contribution in [1.29, 1.82) is 0 Å². The van der Waals surface area contributed by atoms with Gasteiger partial charge in [-0.1, -0.05) is 0 Å². The molecular formula is C15H14F2N2O2S. The quantitative estimate of drug-likeness (QED) is 0.938. The molecule has 3 rings (SSSR count). The highest BCUT2D eigenvalue weighted by Crippen LogP contribution is 2.29. The second kappa shape index (κ2) is 6.39. The zero-order valence-electron chi connectivity index (χ0n) is 11.7. The summed E-state index contributed by atoms with van der Waals surface area (Å²) in [6, 6.07) is 2.94. The minimum atomic E-state index is -0.836. The van der Waals surface area contributed by atoms with Gasteiger partial charge in [0.25, 0.3) is 5.91 Å². The molecule has 116 valence electrons. The van der Waals surface area contributed by atoms with Crippen LogP contribution in [0.2, 0.25) is 0 Å². The van der Waals surface area contributed by atoms with Gasteiger partial charge >= 0.3 is 0 Å². The summed E-state index contributed by atoms with van der Waals surface area (Å²) in [5.41, 5.74) is 1.05. The summed E-state index contributed by atoms with van der Waals surface area (Å²) in [5.74, 6) is -2.11. The highest BCUT2D eigenvalue weighted by atomic mass is 32.1. The second-order valence-electron chi connectivity index (χ2n) is 5.01. The molecule has 0 saturated heterocycles. The number of thiazole rings is 1. The normalized spacial score (nSPS) is 13.5. The van der Waals surface area contributed by atoms with Gasteiger partial charge in [0.15, 0.2) is 23.3 Å². The number of carbonyl (C=O) groups is 1. The van der Waals surface area contributed by atoms with Crippen LogP contribution in [-0.4, -0.2) is 17.5 Å². The zero-order chi connectivity index (χ0) is 15.5. The molecule has 0 aliphatic heterocycles. The number of carbonyl (C=O) groups excluding carboxylic acids is 1. The Labute approximate surface area is 130 Å². The molecule has 1 amide bonds. The fourth-order valence-electron chi connectivity index (χ4n) is 2.30. The van der Waals surface area contributed by atoms with E-state index in [0.717, 1.165) is 43.5 Å². The van der Waals surface area contributed by atoms with Gasteiger partial charge in [0.05, 0.1) is 5.69 Å². The van der Waals surface area contributed by atoms with Crippen molar-refractivity contribution < 1.29 is 18.3 Å². The van der Waals surface area contributed by atoms with E-state index in [2.05, 4.69) is 10.3 Å². The van der Waals surface area contributed by atoms with Gasteiger partial charge in [0.2, 0.25) is 0 Å². The maximum absolute atomic E-state index is 13.4. The van der Waals surface area contributed by atoms with E-state index in [0.29, 0.717) is 11.2 Å². The lowest BCUT2D eigenvalue weighted by Crippen LogP contribution is -2.20. The van der Waals surface area contributed by atoms with Crippen molar-refractivity contribution in [2.24, 2.45) is 0 Å². The Kier molecular flexibility index (Phi) is 4.33. The van der Waals surface area contributed by atoms with E-state index in [4.69, 9.17) is 4.74 Å². The van der Waals surface area contributed by atoms with Gasteiger partial charge in [-0.25, -0.2) is 13.8 Å². The predicted molar refractivity (Wildman–Crippen MR) is 79.2 cm³/mol. The molecular weight excluding hydrogens is 310 g/mol. The zero-order valence-corrected chi connectivity index (χ0v) is 12.5. The van der Waals surface area contributed by atoms with Gasteiger partial charge in [0.1, 0.15) is 5.82 Å². The summed E-state index contributed by atoms with van der Waals surface area (Å²) in [6.45, 7) is -0.354. The van der Waals surface area contributed by atoms with Crippen molar-refractivity contribution in [2.45, 2.75) is 25.7 Å². The Hall–Kier alpha value is -2.02.